The Kier molecular flexibility index (Phi) is 10.9. The largest absolute Gasteiger partial charge is 0.509 e. The van der Waals surface area contributed by atoms with Gasteiger partial charge in [0.2, 0.25) is 5.91 Å². The van der Waals surface area contributed by atoms with Crippen LogP contribution in [0.25, 0.3) is 11.0 Å². The molecule has 2 amide bonds. The molecule has 0 aliphatic rings. The number of rotatable bonds is 14. The summed E-state index contributed by atoms with van der Waals surface area (Å²) in [6, 6.07) is 11.7. The van der Waals surface area contributed by atoms with Crippen LogP contribution in [0, 0.1) is 11.7 Å². The maximum atomic E-state index is 13.9. The van der Waals surface area contributed by atoms with Gasteiger partial charge in [0.05, 0.1) is 29.4 Å². The van der Waals surface area contributed by atoms with Crippen molar-refractivity contribution in [2.45, 2.75) is 57.3 Å². The third-order valence-electron chi connectivity index (χ3n) is 6.50. The maximum Gasteiger partial charge on any atom is 0.509 e. The SMILES string of the molecule is CC(C)(CC[C@H](C[C@H](O)[C@H](Cc1cccc(F)c1)NC(=O)c1cnc2ccccc2n1)C(N)=O)OC(=O)OCC(=O)O. The third-order valence-corrected chi connectivity index (χ3v) is 6.50. The van der Waals surface area contributed by atoms with Crippen LogP contribution in [0.5, 0.6) is 0 Å². The minimum absolute atomic E-state index is 0.00489. The lowest BCUT2D eigenvalue weighted by Crippen LogP contribution is -2.46. The van der Waals surface area contributed by atoms with Gasteiger partial charge < -0.3 is 30.7 Å². The second-order valence-electron chi connectivity index (χ2n) is 10.4. The number of aromatic nitrogens is 2. The molecular weight excluding hydrogens is 551 g/mol. The molecule has 0 saturated carbocycles. The van der Waals surface area contributed by atoms with Gasteiger partial charge in [0, 0.05) is 5.92 Å². The van der Waals surface area contributed by atoms with Crippen LogP contribution in [0.3, 0.4) is 0 Å². The van der Waals surface area contributed by atoms with Gasteiger partial charge in [0.1, 0.15) is 17.1 Å². The number of carbonyl (C=O) groups is 4. The second kappa shape index (κ2) is 14.3. The summed E-state index contributed by atoms with van der Waals surface area (Å²) in [5.41, 5.74) is 6.05. The monoisotopic (exact) mass is 584 g/mol. The first-order valence-electron chi connectivity index (χ1n) is 13.1. The number of nitrogens with two attached hydrogens (primary N) is 1. The van der Waals surface area contributed by atoms with Gasteiger partial charge in [-0.3, -0.25) is 14.6 Å². The fraction of sp³-hybridized carbons (Fsp3) is 0.379. The number of halogens is 1. The van der Waals surface area contributed by atoms with E-state index in [0.29, 0.717) is 16.6 Å². The number of amides is 2. The van der Waals surface area contributed by atoms with E-state index < -0.39 is 60.0 Å². The van der Waals surface area contributed by atoms with E-state index in [1.165, 1.54) is 24.4 Å². The van der Waals surface area contributed by atoms with E-state index in [0.717, 1.165) is 0 Å². The molecule has 5 N–H and O–H groups in total. The smallest absolute Gasteiger partial charge is 0.479 e. The Hall–Kier alpha value is -4.65. The quantitative estimate of drug-likeness (QED) is 0.205. The van der Waals surface area contributed by atoms with Crippen LogP contribution >= 0.6 is 0 Å². The molecule has 0 unspecified atom stereocenters. The minimum Gasteiger partial charge on any atom is -0.479 e. The number of primary amides is 1. The summed E-state index contributed by atoms with van der Waals surface area (Å²) in [7, 11) is 0. The highest BCUT2D eigenvalue weighted by atomic mass is 19.1. The summed E-state index contributed by atoms with van der Waals surface area (Å²) in [5, 5.41) is 22.6. The molecule has 1 aromatic heterocycles. The molecule has 42 heavy (non-hydrogen) atoms. The van der Waals surface area contributed by atoms with Crippen molar-refractivity contribution >= 4 is 35.0 Å². The zero-order chi connectivity index (χ0) is 30.9. The first kappa shape index (κ1) is 31.9. The fourth-order valence-electron chi connectivity index (χ4n) is 4.29. The molecule has 13 heteroatoms. The molecule has 0 saturated heterocycles. The van der Waals surface area contributed by atoms with E-state index in [9.17, 15) is 28.7 Å². The molecule has 1 heterocycles. The van der Waals surface area contributed by atoms with Crippen LogP contribution in [-0.4, -0.2) is 68.5 Å². The van der Waals surface area contributed by atoms with Gasteiger partial charge in [-0.2, -0.15) is 0 Å². The average Bonchev–Trinajstić information content (AvgIpc) is 2.93. The van der Waals surface area contributed by atoms with Gasteiger partial charge in [-0.05, 0) is 69.4 Å². The molecule has 0 aliphatic carbocycles. The van der Waals surface area contributed by atoms with Crippen molar-refractivity contribution in [1.82, 2.24) is 15.3 Å². The molecule has 224 valence electrons. The summed E-state index contributed by atoms with van der Waals surface area (Å²) in [4.78, 5) is 56.4. The zero-order valence-electron chi connectivity index (χ0n) is 23.2. The molecule has 0 spiro atoms. The highest BCUT2D eigenvalue weighted by Crippen LogP contribution is 2.25. The Bertz CT molecular complexity index is 1430. The molecule has 3 aromatic rings. The van der Waals surface area contributed by atoms with Crippen LogP contribution in [0.4, 0.5) is 9.18 Å². The minimum atomic E-state index is -1.35. The highest BCUT2D eigenvalue weighted by molar-refractivity contribution is 5.94. The lowest BCUT2D eigenvalue weighted by Gasteiger charge is -2.29. The normalized spacial score (nSPS) is 13.5. The number of para-hydroxylation sites is 2. The predicted octanol–water partition coefficient (Wildman–Crippen LogP) is 2.76. The van der Waals surface area contributed by atoms with E-state index in [1.54, 1.807) is 44.2 Å². The number of hydrogen-bond donors (Lipinski definition) is 4. The number of aliphatic hydroxyl groups is 1. The van der Waals surface area contributed by atoms with Crippen molar-refractivity contribution < 1.29 is 43.3 Å². The van der Waals surface area contributed by atoms with Gasteiger partial charge in [-0.1, -0.05) is 24.3 Å². The van der Waals surface area contributed by atoms with Crippen LogP contribution in [0.15, 0.2) is 54.7 Å². The van der Waals surface area contributed by atoms with E-state index in [4.69, 9.17) is 15.6 Å². The Labute approximate surface area is 241 Å². The summed E-state index contributed by atoms with van der Waals surface area (Å²) < 4.78 is 23.5. The van der Waals surface area contributed by atoms with Crippen molar-refractivity contribution in [2.75, 3.05) is 6.61 Å². The lowest BCUT2D eigenvalue weighted by molar-refractivity contribution is -0.142. The summed E-state index contributed by atoms with van der Waals surface area (Å²) >= 11 is 0. The van der Waals surface area contributed by atoms with Crippen molar-refractivity contribution in [3.63, 3.8) is 0 Å². The fourth-order valence-corrected chi connectivity index (χ4v) is 4.29. The molecule has 0 aliphatic heterocycles. The number of nitrogens with one attached hydrogen (secondary N) is 1. The van der Waals surface area contributed by atoms with E-state index >= 15 is 0 Å². The van der Waals surface area contributed by atoms with Crippen LogP contribution in [0.2, 0.25) is 0 Å². The Morgan fingerprint density at radius 1 is 1.10 bits per heavy atom. The van der Waals surface area contributed by atoms with Crippen molar-refractivity contribution in [1.29, 1.82) is 0 Å². The number of ether oxygens (including phenoxy) is 2. The summed E-state index contributed by atoms with van der Waals surface area (Å²) in [6.07, 6.45) is -1.12. The number of benzene rings is 2. The molecule has 3 atom stereocenters. The first-order valence-corrected chi connectivity index (χ1v) is 13.1. The third kappa shape index (κ3) is 9.77. The van der Waals surface area contributed by atoms with E-state index in [1.807, 2.05) is 0 Å². The topological polar surface area (TPSA) is 191 Å². The highest BCUT2D eigenvalue weighted by Gasteiger charge is 2.31. The number of carboxylic acid groups (broad SMARTS) is 1. The van der Waals surface area contributed by atoms with Gasteiger partial charge in [0.15, 0.2) is 6.61 Å². The predicted molar refractivity (Wildman–Crippen MR) is 148 cm³/mol. The van der Waals surface area contributed by atoms with E-state index in [-0.39, 0.29) is 31.4 Å². The van der Waals surface area contributed by atoms with E-state index in [2.05, 4.69) is 20.0 Å². The lowest BCUT2D eigenvalue weighted by atomic mass is 9.87. The molecule has 3 rings (SSSR count). The number of carbonyl (C=O) groups excluding carboxylic acids is 3. The number of aliphatic hydroxyl groups excluding tert-OH is 1. The van der Waals surface area contributed by atoms with Crippen LogP contribution in [-0.2, 0) is 25.5 Å². The Balaban J connectivity index is 1.73. The summed E-state index contributed by atoms with van der Waals surface area (Å²) in [5.74, 6) is -4.09. The first-order chi connectivity index (χ1) is 19.8. The number of aliphatic carboxylic acids is 1. The van der Waals surface area contributed by atoms with Crippen molar-refractivity contribution in [2.24, 2.45) is 11.7 Å². The number of nitrogens with zero attached hydrogens (tertiary/aromatic N) is 2. The van der Waals surface area contributed by atoms with Crippen molar-refractivity contribution in [3.8, 4) is 0 Å². The number of carboxylic acids is 1. The second-order valence-corrected chi connectivity index (χ2v) is 10.4. The molecule has 0 radical (unpaired) electrons. The van der Waals surface area contributed by atoms with Crippen LogP contribution in [0.1, 0.15) is 49.2 Å². The average molecular weight is 585 g/mol. The maximum absolute atomic E-state index is 13.9. The number of fused-ring (bicyclic) bond motifs is 1. The molecule has 12 nitrogen and oxygen atoms in total. The Morgan fingerprint density at radius 3 is 2.48 bits per heavy atom. The molecular formula is C29H33FN4O8. The molecule has 0 fully saturated rings. The molecule has 2 aromatic carbocycles. The van der Waals surface area contributed by atoms with Crippen LogP contribution < -0.4 is 11.1 Å². The van der Waals surface area contributed by atoms with Gasteiger partial charge >= 0.3 is 12.1 Å². The standard InChI is InChI=1S/C29H33FN4O8/c1-29(2,42-28(40)41-16-25(36)37)11-10-18(26(31)38)14-24(35)22(13-17-6-5-7-19(30)12-17)34-27(39)23-15-32-20-8-3-4-9-21(20)33-23/h3-9,12,15,18,22,24,35H,10-11,13-14,16H2,1-2H3,(H2,31,38)(H,34,39)(H,36,37)/t18-,22+,24+/m1/s1. The summed E-state index contributed by atoms with van der Waals surface area (Å²) in [6.45, 7) is 2.22. The Morgan fingerprint density at radius 2 is 1.81 bits per heavy atom. The van der Waals surface area contributed by atoms with Crippen molar-refractivity contribution in [3.05, 3.63) is 71.8 Å². The van der Waals surface area contributed by atoms with Gasteiger partial charge in [0.25, 0.3) is 5.91 Å². The molecule has 0 bridgehead atoms. The van der Waals surface area contributed by atoms with Gasteiger partial charge in [-0.25, -0.2) is 19.0 Å². The zero-order valence-corrected chi connectivity index (χ0v) is 23.2. The number of hydrogen-bond acceptors (Lipinski definition) is 9. The van der Waals surface area contributed by atoms with Gasteiger partial charge in [-0.15, -0.1) is 0 Å².